The van der Waals surface area contributed by atoms with Gasteiger partial charge in [0.15, 0.2) is 0 Å². The monoisotopic (exact) mass is 239 g/mol. The SMILES string of the molecule is Cc1nnc(CCC(=O)NCC2CCCO2)o1. The number of hydrogen-bond donors (Lipinski definition) is 1. The van der Waals surface area contributed by atoms with Crippen molar-refractivity contribution in [3.05, 3.63) is 11.8 Å². The smallest absolute Gasteiger partial charge is 0.220 e. The summed E-state index contributed by atoms with van der Waals surface area (Å²) in [5, 5.41) is 10.4. The summed E-state index contributed by atoms with van der Waals surface area (Å²) in [5.41, 5.74) is 0. The lowest BCUT2D eigenvalue weighted by atomic mass is 10.2. The van der Waals surface area contributed by atoms with E-state index in [9.17, 15) is 4.79 Å². The quantitative estimate of drug-likeness (QED) is 0.814. The highest BCUT2D eigenvalue weighted by Crippen LogP contribution is 2.10. The zero-order chi connectivity index (χ0) is 12.1. The lowest BCUT2D eigenvalue weighted by Crippen LogP contribution is -2.31. The topological polar surface area (TPSA) is 77.2 Å². The molecule has 94 valence electrons. The van der Waals surface area contributed by atoms with E-state index in [2.05, 4.69) is 15.5 Å². The van der Waals surface area contributed by atoms with Gasteiger partial charge in [0.1, 0.15) is 0 Å². The van der Waals surface area contributed by atoms with E-state index < -0.39 is 0 Å². The number of carbonyl (C=O) groups excluding carboxylic acids is 1. The fraction of sp³-hybridized carbons (Fsp3) is 0.727. The number of nitrogens with one attached hydrogen (secondary N) is 1. The van der Waals surface area contributed by atoms with Crippen LogP contribution in [0, 0.1) is 6.92 Å². The summed E-state index contributed by atoms with van der Waals surface area (Å²) < 4.78 is 10.6. The molecule has 2 heterocycles. The highest BCUT2D eigenvalue weighted by Gasteiger charge is 2.16. The van der Waals surface area contributed by atoms with Crippen molar-refractivity contribution in [2.75, 3.05) is 13.2 Å². The van der Waals surface area contributed by atoms with Gasteiger partial charge in [0, 0.05) is 32.9 Å². The van der Waals surface area contributed by atoms with Gasteiger partial charge in [-0.2, -0.15) is 0 Å². The van der Waals surface area contributed by atoms with Gasteiger partial charge in [0.25, 0.3) is 0 Å². The van der Waals surface area contributed by atoms with Crippen molar-refractivity contribution >= 4 is 5.91 Å². The van der Waals surface area contributed by atoms with Crippen LogP contribution in [0.1, 0.15) is 31.0 Å². The van der Waals surface area contributed by atoms with Crippen LogP contribution < -0.4 is 5.32 Å². The first-order valence-corrected chi connectivity index (χ1v) is 5.91. The van der Waals surface area contributed by atoms with Crippen LogP contribution in [-0.4, -0.2) is 35.4 Å². The zero-order valence-electron chi connectivity index (χ0n) is 9.94. The average molecular weight is 239 g/mol. The van der Waals surface area contributed by atoms with E-state index in [4.69, 9.17) is 9.15 Å². The maximum atomic E-state index is 11.5. The van der Waals surface area contributed by atoms with Gasteiger partial charge in [-0.1, -0.05) is 0 Å². The molecule has 6 nitrogen and oxygen atoms in total. The fourth-order valence-electron chi connectivity index (χ4n) is 1.78. The molecule has 1 aliphatic rings. The molecular weight excluding hydrogens is 222 g/mol. The molecule has 1 saturated heterocycles. The van der Waals surface area contributed by atoms with Crippen molar-refractivity contribution in [3.8, 4) is 0 Å². The molecule has 0 saturated carbocycles. The van der Waals surface area contributed by atoms with Crippen LogP contribution in [0.5, 0.6) is 0 Å². The molecule has 1 N–H and O–H groups in total. The zero-order valence-corrected chi connectivity index (χ0v) is 9.94. The third kappa shape index (κ3) is 3.81. The Balaban J connectivity index is 1.63. The third-order valence-electron chi connectivity index (χ3n) is 2.68. The maximum absolute atomic E-state index is 11.5. The normalized spacial score (nSPS) is 19.5. The average Bonchev–Trinajstić information content (AvgIpc) is 2.95. The number of ether oxygens (including phenoxy) is 1. The largest absolute Gasteiger partial charge is 0.426 e. The summed E-state index contributed by atoms with van der Waals surface area (Å²) in [6.45, 7) is 3.14. The van der Waals surface area contributed by atoms with Crippen LogP contribution in [0.3, 0.4) is 0 Å². The van der Waals surface area contributed by atoms with Crippen molar-refractivity contribution < 1.29 is 13.9 Å². The molecule has 1 aliphatic heterocycles. The fourth-order valence-corrected chi connectivity index (χ4v) is 1.78. The highest BCUT2D eigenvalue weighted by atomic mass is 16.5. The second-order valence-electron chi connectivity index (χ2n) is 4.15. The molecule has 0 radical (unpaired) electrons. The summed E-state index contributed by atoms with van der Waals surface area (Å²) in [6, 6.07) is 0. The van der Waals surface area contributed by atoms with Crippen molar-refractivity contribution in [2.45, 2.75) is 38.7 Å². The van der Waals surface area contributed by atoms with Gasteiger partial charge in [-0.3, -0.25) is 4.79 Å². The lowest BCUT2D eigenvalue weighted by molar-refractivity contribution is -0.121. The summed E-state index contributed by atoms with van der Waals surface area (Å²) >= 11 is 0. The molecule has 0 spiro atoms. The van der Waals surface area contributed by atoms with Crippen LogP contribution in [0.15, 0.2) is 4.42 Å². The van der Waals surface area contributed by atoms with Crippen molar-refractivity contribution in [2.24, 2.45) is 0 Å². The number of nitrogens with zero attached hydrogens (tertiary/aromatic N) is 2. The number of aromatic nitrogens is 2. The molecule has 0 aliphatic carbocycles. The van der Waals surface area contributed by atoms with E-state index in [1.165, 1.54) is 0 Å². The van der Waals surface area contributed by atoms with Crippen molar-refractivity contribution in [1.82, 2.24) is 15.5 Å². The minimum Gasteiger partial charge on any atom is -0.426 e. The van der Waals surface area contributed by atoms with Crippen LogP contribution in [-0.2, 0) is 16.0 Å². The minimum absolute atomic E-state index is 0.00338. The van der Waals surface area contributed by atoms with Gasteiger partial charge >= 0.3 is 0 Å². The van der Waals surface area contributed by atoms with Crippen molar-refractivity contribution in [3.63, 3.8) is 0 Å². The Kier molecular flexibility index (Phi) is 4.08. The first kappa shape index (κ1) is 12.0. The van der Waals surface area contributed by atoms with Gasteiger partial charge in [-0.05, 0) is 12.8 Å². The second kappa shape index (κ2) is 5.77. The standard InChI is InChI=1S/C11H17N3O3/c1-8-13-14-11(17-8)5-4-10(15)12-7-9-3-2-6-16-9/h9H,2-7H2,1H3,(H,12,15). The van der Waals surface area contributed by atoms with E-state index in [1.807, 2.05) is 0 Å². The molecule has 1 unspecified atom stereocenters. The lowest BCUT2D eigenvalue weighted by Gasteiger charge is -2.09. The van der Waals surface area contributed by atoms with Gasteiger partial charge in [0.2, 0.25) is 17.7 Å². The van der Waals surface area contributed by atoms with E-state index in [0.29, 0.717) is 31.2 Å². The van der Waals surface area contributed by atoms with Gasteiger partial charge < -0.3 is 14.5 Å². The molecule has 1 aromatic heterocycles. The summed E-state index contributed by atoms with van der Waals surface area (Å²) in [6.07, 6.45) is 3.15. The number of carbonyl (C=O) groups is 1. The summed E-state index contributed by atoms with van der Waals surface area (Å²) in [4.78, 5) is 11.5. The van der Waals surface area contributed by atoms with E-state index >= 15 is 0 Å². The van der Waals surface area contributed by atoms with Crippen LogP contribution in [0.4, 0.5) is 0 Å². The Labute approximate surface area is 99.7 Å². The third-order valence-corrected chi connectivity index (χ3v) is 2.68. The molecule has 1 fully saturated rings. The molecule has 1 atom stereocenters. The minimum atomic E-state index is -0.00338. The summed E-state index contributed by atoms with van der Waals surface area (Å²) in [7, 11) is 0. The second-order valence-corrected chi connectivity index (χ2v) is 4.15. The molecule has 0 aromatic carbocycles. The maximum Gasteiger partial charge on any atom is 0.220 e. The first-order chi connectivity index (χ1) is 8.24. The van der Waals surface area contributed by atoms with E-state index in [1.54, 1.807) is 6.92 Å². The molecular formula is C11H17N3O3. The number of amides is 1. The Morgan fingerprint density at radius 2 is 2.41 bits per heavy atom. The Morgan fingerprint density at radius 1 is 1.53 bits per heavy atom. The number of hydrogen-bond acceptors (Lipinski definition) is 5. The summed E-state index contributed by atoms with van der Waals surface area (Å²) in [5.74, 6) is 1.03. The van der Waals surface area contributed by atoms with Crippen LogP contribution >= 0.6 is 0 Å². The highest BCUT2D eigenvalue weighted by molar-refractivity contribution is 5.76. The molecule has 2 rings (SSSR count). The van der Waals surface area contributed by atoms with Crippen molar-refractivity contribution in [1.29, 1.82) is 0 Å². The molecule has 0 bridgehead atoms. The predicted molar refractivity (Wildman–Crippen MR) is 59.3 cm³/mol. The van der Waals surface area contributed by atoms with Gasteiger partial charge in [0.05, 0.1) is 6.10 Å². The van der Waals surface area contributed by atoms with E-state index in [-0.39, 0.29) is 12.0 Å². The molecule has 17 heavy (non-hydrogen) atoms. The van der Waals surface area contributed by atoms with Crippen LogP contribution in [0.2, 0.25) is 0 Å². The Morgan fingerprint density at radius 3 is 3.06 bits per heavy atom. The molecule has 1 amide bonds. The van der Waals surface area contributed by atoms with Gasteiger partial charge in [-0.25, -0.2) is 0 Å². The number of rotatable bonds is 5. The number of aryl methyl sites for hydroxylation is 2. The van der Waals surface area contributed by atoms with E-state index in [0.717, 1.165) is 19.4 Å². The predicted octanol–water partition coefficient (Wildman–Crippen LogP) is 0.606. The van der Waals surface area contributed by atoms with Crippen LogP contribution in [0.25, 0.3) is 0 Å². The van der Waals surface area contributed by atoms with Gasteiger partial charge in [-0.15, -0.1) is 10.2 Å². The first-order valence-electron chi connectivity index (χ1n) is 5.91. The molecule has 1 aromatic rings. The molecule has 6 heteroatoms. The Hall–Kier alpha value is -1.43. The Bertz CT molecular complexity index is 372.